The van der Waals surface area contributed by atoms with E-state index in [1.807, 2.05) is 0 Å². The minimum absolute atomic E-state index is 0.240. The van der Waals surface area contributed by atoms with Crippen LogP contribution in [0.15, 0.2) is 0 Å². The van der Waals surface area contributed by atoms with Gasteiger partial charge in [0, 0.05) is 12.6 Å². The van der Waals surface area contributed by atoms with Crippen molar-refractivity contribution in [2.75, 3.05) is 26.1 Å². The maximum Gasteiger partial charge on any atom is 0.324 e. The predicted octanol–water partition coefficient (Wildman–Crippen LogP) is 0.0380. The standard InChI is InChI=1S/C10H17N5O2/c1-16-9-13-8(14-10(15-9)17-2)12-5-6-3-7(11)4-6/h6-7H,3-5,11H2,1-2H3,(H,12,13,14,15). The van der Waals surface area contributed by atoms with Crippen LogP contribution in [-0.4, -0.2) is 41.8 Å². The molecule has 2 rings (SSSR count). The van der Waals surface area contributed by atoms with E-state index in [1.54, 1.807) is 0 Å². The smallest absolute Gasteiger partial charge is 0.324 e. The van der Waals surface area contributed by atoms with Gasteiger partial charge in [0.15, 0.2) is 0 Å². The van der Waals surface area contributed by atoms with Crippen LogP contribution in [0.5, 0.6) is 12.0 Å². The minimum Gasteiger partial charge on any atom is -0.467 e. The van der Waals surface area contributed by atoms with Gasteiger partial charge >= 0.3 is 12.0 Å². The lowest BCUT2D eigenvalue weighted by atomic mass is 9.81. The lowest BCUT2D eigenvalue weighted by Crippen LogP contribution is -2.39. The summed E-state index contributed by atoms with van der Waals surface area (Å²) in [6.45, 7) is 0.810. The van der Waals surface area contributed by atoms with E-state index in [1.165, 1.54) is 14.2 Å². The third-order valence-electron chi connectivity index (χ3n) is 2.78. The molecule has 0 aromatic carbocycles. The van der Waals surface area contributed by atoms with Crippen LogP contribution in [0.3, 0.4) is 0 Å². The summed E-state index contributed by atoms with van der Waals surface area (Å²) in [6.07, 6.45) is 2.10. The first-order valence-electron chi connectivity index (χ1n) is 5.54. The summed E-state index contributed by atoms with van der Waals surface area (Å²) >= 11 is 0. The lowest BCUT2D eigenvalue weighted by molar-refractivity contribution is 0.279. The van der Waals surface area contributed by atoms with Crippen molar-refractivity contribution in [2.45, 2.75) is 18.9 Å². The highest BCUT2D eigenvalue weighted by molar-refractivity contribution is 5.27. The molecule has 0 atom stereocenters. The number of hydrogen-bond acceptors (Lipinski definition) is 7. The first-order chi connectivity index (χ1) is 8.21. The van der Waals surface area contributed by atoms with E-state index in [0.717, 1.165) is 19.4 Å². The summed E-state index contributed by atoms with van der Waals surface area (Å²) in [5.41, 5.74) is 5.72. The van der Waals surface area contributed by atoms with Crippen LogP contribution in [-0.2, 0) is 0 Å². The highest BCUT2D eigenvalue weighted by Gasteiger charge is 2.25. The summed E-state index contributed by atoms with van der Waals surface area (Å²) in [5.74, 6) is 1.06. The SMILES string of the molecule is COc1nc(NCC2CC(N)C2)nc(OC)n1. The maximum absolute atomic E-state index is 5.72. The number of nitrogens with zero attached hydrogens (tertiary/aromatic N) is 3. The van der Waals surface area contributed by atoms with Crippen LogP contribution < -0.4 is 20.5 Å². The third kappa shape index (κ3) is 2.94. The Bertz CT molecular complexity index is 359. The molecule has 0 radical (unpaired) electrons. The van der Waals surface area contributed by atoms with Crippen molar-refractivity contribution in [3.63, 3.8) is 0 Å². The Kier molecular flexibility index (Phi) is 3.58. The number of aromatic nitrogens is 3. The fourth-order valence-corrected chi connectivity index (χ4v) is 1.79. The highest BCUT2D eigenvalue weighted by Crippen LogP contribution is 2.25. The molecule has 94 valence electrons. The maximum atomic E-state index is 5.72. The van der Waals surface area contributed by atoms with E-state index in [0.29, 0.717) is 17.9 Å². The molecule has 7 heteroatoms. The zero-order valence-corrected chi connectivity index (χ0v) is 10.0. The number of methoxy groups -OCH3 is 2. The molecule has 1 saturated carbocycles. The first-order valence-corrected chi connectivity index (χ1v) is 5.54. The van der Waals surface area contributed by atoms with Crippen molar-refractivity contribution in [3.05, 3.63) is 0 Å². The Hall–Kier alpha value is -1.63. The van der Waals surface area contributed by atoms with Crippen molar-refractivity contribution in [1.29, 1.82) is 0 Å². The molecule has 0 saturated heterocycles. The largest absolute Gasteiger partial charge is 0.467 e. The Morgan fingerprint density at radius 2 is 1.76 bits per heavy atom. The second kappa shape index (κ2) is 5.13. The fourth-order valence-electron chi connectivity index (χ4n) is 1.79. The van der Waals surface area contributed by atoms with Gasteiger partial charge in [-0.3, -0.25) is 0 Å². The molecule has 0 unspecified atom stereocenters. The zero-order valence-electron chi connectivity index (χ0n) is 10.0. The number of nitrogens with one attached hydrogen (secondary N) is 1. The molecule has 17 heavy (non-hydrogen) atoms. The quantitative estimate of drug-likeness (QED) is 0.748. The second-order valence-electron chi connectivity index (χ2n) is 4.11. The topological polar surface area (TPSA) is 95.2 Å². The van der Waals surface area contributed by atoms with Crippen molar-refractivity contribution >= 4 is 5.95 Å². The summed E-state index contributed by atoms with van der Waals surface area (Å²) in [7, 11) is 3.01. The van der Waals surface area contributed by atoms with Gasteiger partial charge in [-0.05, 0) is 18.8 Å². The van der Waals surface area contributed by atoms with Gasteiger partial charge in [0.1, 0.15) is 0 Å². The number of anilines is 1. The van der Waals surface area contributed by atoms with Crippen molar-refractivity contribution < 1.29 is 9.47 Å². The molecule has 0 spiro atoms. The molecule has 1 heterocycles. The number of nitrogens with two attached hydrogens (primary N) is 1. The summed E-state index contributed by atoms with van der Waals surface area (Å²) < 4.78 is 9.92. The van der Waals surface area contributed by atoms with Gasteiger partial charge in [-0.1, -0.05) is 0 Å². The fraction of sp³-hybridized carbons (Fsp3) is 0.700. The molecule has 1 aromatic rings. The molecule has 3 N–H and O–H groups in total. The Morgan fingerprint density at radius 1 is 1.18 bits per heavy atom. The van der Waals surface area contributed by atoms with Crippen LogP contribution in [0.1, 0.15) is 12.8 Å². The number of rotatable bonds is 5. The molecule has 0 bridgehead atoms. The van der Waals surface area contributed by atoms with Gasteiger partial charge < -0.3 is 20.5 Å². The molecule has 0 aliphatic heterocycles. The number of hydrogen-bond donors (Lipinski definition) is 2. The van der Waals surface area contributed by atoms with Crippen molar-refractivity contribution in [1.82, 2.24) is 15.0 Å². The average Bonchev–Trinajstić information content (AvgIpc) is 2.32. The summed E-state index contributed by atoms with van der Waals surface area (Å²) in [6, 6.07) is 0.832. The zero-order chi connectivity index (χ0) is 12.3. The Labute approximate surface area is 99.8 Å². The summed E-state index contributed by atoms with van der Waals surface area (Å²) in [4.78, 5) is 12.1. The highest BCUT2D eigenvalue weighted by atomic mass is 16.5. The van der Waals surface area contributed by atoms with Crippen LogP contribution in [0.25, 0.3) is 0 Å². The van der Waals surface area contributed by atoms with E-state index >= 15 is 0 Å². The lowest BCUT2D eigenvalue weighted by Gasteiger charge is -2.32. The van der Waals surface area contributed by atoms with Crippen LogP contribution in [0.2, 0.25) is 0 Å². The molecule has 1 aliphatic carbocycles. The molecule has 7 nitrogen and oxygen atoms in total. The minimum atomic E-state index is 0.240. The predicted molar refractivity (Wildman–Crippen MR) is 62.1 cm³/mol. The molecular weight excluding hydrogens is 222 g/mol. The van der Waals surface area contributed by atoms with E-state index in [4.69, 9.17) is 15.2 Å². The molecule has 1 aromatic heterocycles. The van der Waals surface area contributed by atoms with Crippen molar-refractivity contribution in [2.24, 2.45) is 11.7 Å². The van der Waals surface area contributed by atoms with Gasteiger partial charge in [-0.2, -0.15) is 9.97 Å². The molecular formula is C10H17N5O2. The van der Waals surface area contributed by atoms with Gasteiger partial charge in [0.05, 0.1) is 14.2 Å². The van der Waals surface area contributed by atoms with Crippen LogP contribution in [0, 0.1) is 5.92 Å². The Morgan fingerprint density at radius 3 is 2.24 bits per heavy atom. The average molecular weight is 239 g/mol. The van der Waals surface area contributed by atoms with Gasteiger partial charge in [-0.25, -0.2) is 0 Å². The van der Waals surface area contributed by atoms with Crippen LogP contribution >= 0.6 is 0 Å². The number of ether oxygens (including phenoxy) is 2. The van der Waals surface area contributed by atoms with E-state index in [-0.39, 0.29) is 12.0 Å². The first kappa shape index (κ1) is 11.8. The van der Waals surface area contributed by atoms with E-state index < -0.39 is 0 Å². The van der Waals surface area contributed by atoms with E-state index in [9.17, 15) is 0 Å². The normalized spacial score (nSPS) is 22.8. The monoisotopic (exact) mass is 239 g/mol. The molecule has 1 aliphatic rings. The summed E-state index contributed by atoms with van der Waals surface area (Å²) in [5, 5.41) is 3.14. The van der Waals surface area contributed by atoms with Gasteiger partial charge in [-0.15, -0.1) is 4.98 Å². The van der Waals surface area contributed by atoms with Crippen LogP contribution in [0.4, 0.5) is 5.95 Å². The molecule has 1 fully saturated rings. The van der Waals surface area contributed by atoms with Crippen molar-refractivity contribution in [3.8, 4) is 12.0 Å². The Balaban J connectivity index is 1.94. The van der Waals surface area contributed by atoms with E-state index in [2.05, 4.69) is 20.3 Å². The van der Waals surface area contributed by atoms with Gasteiger partial charge in [0.25, 0.3) is 0 Å². The van der Waals surface area contributed by atoms with Gasteiger partial charge in [0.2, 0.25) is 5.95 Å². The molecule has 0 amide bonds. The third-order valence-corrected chi connectivity index (χ3v) is 2.78. The second-order valence-corrected chi connectivity index (χ2v) is 4.11.